The molecule has 1 aromatic carbocycles. The minimum atomic E-state index is -0.882. The Morgan fingerprint density at radius 2 is 1.19 bits per heavy atom. The molecule has 3 heteroatoms. The van der Waals surface area contributed by atoms with Crippen molar-refractivity contribution >= 4 is 5.97 Å². The third-order valence-electron chi connectivity index (χ3n) is 5.20. The minimum Gasteiger partial charge on any atom is -0.508 e. The molecule has 0 saturated carbocycles. The van der Waals surface area contributed by atoms with Crippen molar-refractivity contribution < 1.29 is 15.0 Å². The number of hydrogen-bond acceptors (Lipinski definition) is 2. The quantitative estimate of drug-likeness (QED) is 0.334. The summed E-state index contributed by atoms with van der Waals surface area (Å²) in [6, 6.07) is 3.11. The molecule has 0 aliphatic heterocycles. The second-order valence-electron chi connectivity index (χ2n) is 7.43. The normalized spacial score (nSPS) is 11.0. The monoisotopic (exact) mass is 362 g/mol. The summed E-state index contributed by atoms with van der Waals surface area (Å²) < 4.78 is 0. The van der Waals surface area contributed by atoms with E-state index in [1.807, 2.05) is 0 Å². The smallest absolute Gasteiger partial charge is 0.335 e. The van der Waals surface area contributed by atoms with Crippen LogP contribution in [0.15, 0.2) is 12.1 Å². The van der Waals surface area contributed by atoms with Gasteiger partial charge in [-0.1, -0.05) is 78.1 Å². The molecule has 3 nitrogen and oxygen atoms in total. The number of benzene rings is 1. The molecular weight excluding hydrogens is 324 g/mol. The zero-order valence-corrected chi connectivity index (χ0v) is 16.9. The number of aromatic carboxylic acids is 1. The van der Waals surface area contributed by atoms with Crippen molar-refractivity contribution in [2.45, 2.75) is 104 Å². The van der Waals surface area contributed by atoms with Gasteiger partial charge in [-0.25, -0.2) is 4.79 Å². The third kappa shape index (κ3) is 8.25. The van der Waals surface area contributed by atoms with E-state index in [0.717, 1.165) is 56.1 Å². The van der Waals surface area contributed by atoms with Crippen molar-refractivity contribution in [3.8, 4) is 5.75 Å². The SMILES string of the molecule is CCCCCCCCCCc1c(O)ccc(C(=O)O)c1CCCCCC. The molecule has 0 fully saturated rings. The lowest BCUT2D eigenvalue weighted by molar-refractivity contribution is 0.0695. The molecule has 0 heterocycles. The van der Waals surface area contributed by atoms with E-state index in [9.17, 15) is 15.0 Å². The first kappa shape index (κ1) is 22.5. The van der Waals surface area contributed by atoms with Gasteiger partial charge in [0, 0.05) is 0 Å². The first-order valence-electron chi connectivity index (χ1n) is 10.7. The summed E-state index contributed by atoms with van der Waals surface area (Å²) in [6.07, 6.45) is 15.9. The van der Waals surface area contributed by atoms with Crippen LogP contribution in [-0.2, 0) is 12.8 Å². The largest absolute Gasteiger partial charge is 0.508 e. The average Bonchev–Trinajstić information content (AvgIpc) is 2.62. The Balaban J connectivity index is 2.60. The number of aromatic hydroxyl groups is 1. The summed E-state index contributed by atoms with van der Waals surface area (Å²) in [5.74, 6) is -0.615. The highest BCUT2D eigenvalue weighted by molar-refractivity contribution is 5.90. The molecule has 0 spiro atoms. The van der Waals surface area contributed by atoms with Crippen molar-refractivity contribution in [2.24, 2.45) is 0 Å². The number of hydrogen-bond donors (Lipinski definition) is 2. The van der Waals surface area contributed by atoms with Crippen LogP contribution in [0.25, 0.3) is 0 Å². The Morgan fingerprint density at radius 3 is 1.73 bits per heavy atom. The van der Waals surface area contributed by atoms with E-state index in [1.54, 1.807) is 12.1 Å². The van der Waals surface area contributed by atoms with Crippen LogP contribution in [0, 0.1) is 0 Å². The molecule has 26 heavy (non-hydrogen) atoms. The van der Waals surface area contributed by atoms with Crippen LogP contribution < -0.4 is 0 Å². The molecule has 1 rings (SSSR count). The molecular formula is C23H38O3. The molecule has 0 bridgehead atoms. The van der Waals surface area contributed by atoms with Gasteiger partial charge in [-0.05, 0) is 48.9 Å². The van der Waals surface area contributed by atoms with Crippen LogP contribution in [0.5, 0.6) is 5.75 Å². The number of carbonyl (C=O) groups is 1. The fourth-order valence-electron chi connectivity index (χ4n) is 3.61. The van der Waals surface area contributed by atoms with Crippen LogP contribution >= 0.6 is 0 Å². The van der Waals surface area contributed by atoms with Crippen LogP contribution in [0.4, 0.5) is 0 Å². The standard InChI is InChI=1S/C23H38O3/c1-3-5-7-9-10-11-12-14-16-20-19(15-13-8-6-4-2)21(23(25)26)17-18-22(20)24/h17-18,24H,3-16H2,1-2H3,(H,25,26). The van der Waals surface area contributed by atoms with Gasteiger partial charge in [0.1, 0.15) is 5.75 Å². The molecule has 0 atom stereocenters. The molecule has 0 saturated heterocycles. The molecule has 1 aromatic rings. The van der Waals surface area contributed by atoms with Gasteiger partial charge in [0.15, 0.2) is 0 Å². The summed E-state index contributed by atoms with van der Waals surface area (Å²) >= 11 is 0. The lowest BCUT2D eigenvalue weighted by Gasteiger charge is -2.15. The Labute approximate surface area is 159 Å². The Kier molecular flexibility index (Phi) is 11.8. The Bertz CT molecular complexity index is 522. The summed E-state index contributed by atoms with van der Waals surface area (Å²) in [5.41, 5.74) is 2.10. The number of phenolic OH excluding ortho intramolecular Hbond substituents is 1. The topological polar surface area (TPSA) is 57.5 Å². The van der Waals surface area contributed by atoms with E-state index in [1.165, 1.54) is 44.9 Å². The molecule has 0 aromatic heterocycles. The maximum atomic E-state index is 11.6. The van der Waals surface area contributed by atoms with Gasteiger partial charge in [-0.2, -0.15) is 0 Å². The summed E-state index contributed by atoms with van der Waals surface area (Å²) in [6.45, 7) is 4.41. The van der Waals surface area contributed by atoms with Gasteiger partial charge in [-0.15, -0.1) is 0 Å². The molecule has 2 N–H and O–H groups in total. The minimum absolute atomic E-state index is 0.267. The summed E-state index contributed by atoms with van der Waals surface area (Å²) in [4.78, 5) is 11.6. The van der Waals surface area contributed by atoms with Crippen molar-refractivity contribution in [1.82, 2.24) is 0 Å². The fourth-order valence-corrected chi connectivity index (χ4v) is 3.61. The number of rotatable bonds is 15. The van der Waals surface area contributed by atoms with E-state index in [4.69, 9.17) is 0 Å². The molecule has 0 radical (unpaired) electrons. The highest BCUT2D eigenvalue weighted by Gasteiger charge is 2.17. The van der Waals surface area contributed by atoms with Crippen molar-refractivity contribution in [1.29, 1.82) is 0 Å². The van der Waals surface area contributed by atoms with Gasteiger partial charge in [-0.3, -0.25) is 0 Å². The predicted molar refractivity (Wildman–Crippen MR) is 109 cm³/mol. The molecule has 0 aliphatic rings. The number of unbranched alkanes of at least 4 members (excludes halogenated alkanes) is 10. The predicted octanol–water partition coefficient (Wildman–Crippen LogP) is 6.90. The lowest BCUT2D eigenvalue weighted by Crippen LogP contribution is -2.07. The first-order valence-corrected chi connectivity index (χ1v) is 10.7. The summed E-state index contributed by atoms with van der Waals surface area (Å²) in [7, 11) is 0. The molecule has 0 aliphatic carbocycles. The van der Waals surface area contributed by atoms with E-state index >= 15 is 0 Å². The summed E-state index contributed by atoms with van der Waals surface area (Å²) in [5, 5.41) is 19.8. The van der Waals surface area contributed by atoms with Crippen LogP contribution in [-0.4, -0.2) is 16.2 Å². The van der Waals surface area contributed by atoms with Gasteiger partial charge in [0.05, 0.1) is 5.56 Å². The van der Waals surface area contributed by atoms with Crippen molar-refractivity contribution in [3.63, 3.8) is 0 Å². The molecule has 0 unspecified atom stereocenters. The maximum Gasteiger partial charge on any atom is 0.335 e. The average molecular weight is 363 g/mol. The van der Waals surface area contributed by atoms with Gasteiger partial charge < -0.3 is 10.2 Å². The van der Waals surface area contributed by atoms with Crippen molar-refractivity contribution in [3.05, 3.63) is 28.8 Å². The van der Waals surface area contributed by atoms with E-state index in [2.05, 4.69) is 13.8 Å². The zero-order chi connectivity index (χ0) is 19.2. The first-order chi connectivity index (χ1) is 12.6. The van der Waals surface area contributed by atoms with E-state index < -0.39 is 5.97 Å². The van der Waals surface area contributed by atoms with Crippen molar-refractivity contribution in [2.75, 3.05) is 0 Å². The number of phenols is 1. The fraction of sp³-hybridized carbons (Fsp3) is 0.696. The zero-order valence-electron chi connectivity index (χ0n) is 16.9. The van der Waals surface area contributed by atoms with Gasteiger partial charge >= 0.3 is 5.97 Å². The van der Waals surface area contributed by atoms with Crippen LogP contribution in [0.3, 0.4) is 0 Å². The highest BCUT2D eigenvalue weighted by Crippen LogP contribution is 2.28. The maximum absolute atomic E-state index is 11.6. The second kappa shape index (κ2) is 13.7. The van der Waals surface area contributed by atoms with E-state index in [0.29, 0.717) is 5.56 Å². The molecule has 148 valence electrons. The third-order valence-corrected chi connectivity index (χ3v) is 5.20. The van der Waals surface area contributed by atoms with Crippen LogP contribution in [0.2, 0.25) is 0 Å². The van der Waals surface area contributed by atoms with Gasteiger partial charge in [0.25, 0.3) is 0 Å². The Hall–Kier alpha value is -1.51. The van der Waals surface area contributed by atoms with Crippen LogP contribution in [0.1, 0.15) is 112 Å². The number of carboxylic acid groups (broad SMARTS) is 1. The second-order valence-corrected chi connectivity index (χ2v) is 7.43. The Morgan fingerprint density at radius 1 is 0.731 bits per heavy atom. The molecule has 0 amide bonds. The van der Waals surface area contributed by atoms with Gasteiger partial charge in [0.2, 0.25) is 0 Å². The number of carboxylic acids is 1. The van der Waals surface area contributed by atoms with E-state index in [-0.39, 0.29) is 5.75 Å². The lowest BCUT2D eigenvalue weighted by atomic mass is 9.91. The highest BCUT2D eigenvalue weighted by atomic mass is 16.4.